The van der Waals surface area contributed by atoms with Crippen LogP contribution in [0.3, 0.4) is 0 Å². The maximum atomic E-state index is 11.4. The van der Waals surface area contributed by atoms with Gasteiger partial charge in [0.2, 0.25) is 0 Å². The van der Waals surface area contributed by atoms with Crippen LogP contribution in [0.5, 0.6) is 5.75 Å². The van der Waals surface area contributed by atoms with Gasteiger partial charge in [0, 0.05) is 48.5 Å². The Balaban J connectivity index is 1.61. The van der Waals surface area contributed by atoms with E-state index in [1.807, 2.05) is 18.2 Å². The predicted molar refractivity (Wildman–Crippen MR) is 109 cm³/mol. The Morgan fingerprint density at radius 2 is 2.07 bits per heavy atom. The van der Waals surface area contributed by atoms with Gasteiger partial charge < -0.3 is 14.7 Å². The molecule has 0 spiro atoms. The number of ketones is 1. The SMILES string of the molecule is O=C(O)Cc1ccc2c(c1)/C(=C/CCN1CCC(=O)CC1)c1sccc1CO2. The van der Waals surface area contributed by atoms with E-state index < -0.39 is 5.97 Å². The zero-order valence-electron chi connectivity index (χ0n) is 15.6. The van der Waals surface area contributed by atoms with E-state index in [4.69, 9.17) is 9.84 Å². The van der Waals surface area contributed by atoms with E-state index in [1.165, 1.54) is 4.88 Å². The van der Waals surface area contributed by atoms with Gasteiger partial charge in [0.15, 0.2) is 0 Å². The second kappa shape index (κ2) is 8.29. The van der Waals surface area contributed by atoms with Crippen molar-refractivity contribution in [3.8, 4) is 5.75 Å². The van der Waals surface area contributed by atoms with E-state index in [0.29, 0.717) is 25.2 Å². The molecule has 0 radical (unpaired) electrons. The highest BCUT2D eigenvalue weighted by Crippen LogP contribution is 2.40. The highest BCUT2D eigenvalue weighted by atomic mass is 32.1. The van der Waals surface area contributed by atoms with E-state index in [1.54, 1.807) is 11.3 Å². The molecule has 6 heteroatoms. The number of benzene rings is 1. The van der Waals surface area contributed by atoms with Crippen LogP contribution in [0.2, 0.25) is 0 Å². The van der Waals surface area contributed by atoms with E-state index in [2.05, 4.69) is 22.4 Å². The molecule has 0 amide bonds. The fourth-order valence-electron chi connectivity index (χ4n) is 3.78. The van der Waals surface area contributed by atoms with E-state index >= 15 is 0 Å². The quantitative estimate of drug-likeness (QED) is 0.832. The van der Waals surface area contributed by atoms with E-state index in [0.717, 1.165) is 54.1 Å². The number of hydrogen-bond donors (Lipinski definition) is 1. The molecular formula is C22H23NO4S. The van der Waals surface area contributed by atoms with Crippen molar-refractivity contribution in [1.82, 2.24) is 4.90 Å². The highest BCUT2D eigenvalue weighted by molar-refractivity contribution is 7.11. The van der Waals surface area contributed by atoms with E-state index in [-0.39, 0.29) is 6.42 Å². The van der Waals surface area contributed by atoms with Gasteiger partial charge in [-0.25, -0.2) is 0 Å². The molecule has 2 aliphatic rings. The van der Waals surface area contributed by atoms with Crippen molar-refractivity contribution in [3.05, 3.63) is 57.3 Å². The molecule has 0 unspecified atom stereocenters. The lowest BCUT2D eigenvalue weighted by atomic mass is 9.97. The fraction of sp³-hybridized carbons (Fsp3) is 0.364. The molecule has 0 saturated carbocycles. The van der Waals surface area contributed by atoms with Crippen LogP contribution in [0.4, 0.5) is 0 Å². The summed E-state index contributed by atoms with van der Waals surface area (Å²) in [7, 11) is 0. The molecule has 4 rings (SSSR count). The maximum Gasteiger partial charge on any atom is 0.307 e. The predicted octanol–water partition coefficient (Wildman–Crippen LogP) is 3.75. The first kappa shape index (κ1) is 18.9. The minimum Gasteiger partial charge on any atom is -0.488 e. The number of thiophene rings is 1. The van der Waals surface area contributed by atoms with Gasteiger partial charge in [0.1, 0.15) is 18.1 Å². The number of carbonyl (C=O) groups excluding carboxylic acids is 1. The Labute approximate surface area is 168 Å². The van der Waals surface area contributed by atoms with Crippen LogP contribution < -0.4 is 4.74 Å². The largest absolute Gasteiger partial charge is 0.488 e. The van der Waals surface area contributed by atoms with Crippen LogP contribution in [0.1, 0.15) is 40.8 Å². The number of Topliss-reactive ketones (excluding diaryl/α,β-unsaturated/α-hetero) is 1. The number of ether oxygens (including phenoxy) is 1. The summed E-state index contributed by atoms with van der Waals surface area (Å²) in [5.74, 6) is 0.322. The van der Waals surface area contributed by atoms with Gasteiger partial charge in [-0.3, -0.25) is 9.59 Å². The number of carboxylic acid groups (broad SMARTS) is 1. The molecule has 28 heavy (non-hydrogen) atoms. The third-order valence-corrected chi connectivity index (χ3v) is 6.26. The zero-order valence-corrected chi connectivity index (χ0v) is 16.5. The van der Waals surface area contributed by atoms with Crippen molar-refractivity contribution in [2.75, 3.05) is 19.6 Å². The van der Waals surface area contributed by atoms with Gasteiger partial charge in [-0.1, -0.05) is 12.1 Å². The molecule has 1 aromatic carbocycles. The van der Waals surface area contributed by atoms with Crippen LogP contribution in [-0.2, 0) is 22.6 Å². The van der Waals surface area contributed by atoms with Gasteiger partial charge in [-0.2, -0.15) is 0 Å². The summed E-state index contributed by atoms with van der Waals surface area (Å²) in [4.78, 5) is 26.1. The number of carboxylic acids is 1. The summed E-state index contributed by atoms with van der Waals surface area (Å²) in [5.41, 5.74) is 4.03. The number of nitrogens with zero attached hydrogens (tertiary/aromatic N) is 1. The highest BCUT2D eigenvalue weighted by Gasteiger charge is 2.21. The number of carbonyl (C=O) groups is 2. The van der Waals surface area contributed by atoms with Crippen LogP contribution >= 0.6 is 11.3 Å². The summed E-state index contributed by atoms with van der Waals surface area (Å²) in [6, 6.07) is 7.75. The second-order valence-corrected chi connectivity index (χ2v) is 8.17. The normalized spacial score (nSPS) is 18.3. The molecule has 0 aliphatic carbocycles. The van der Waals surface area contributed by atoms with Gasteiger partial charge >= 0.3 is 5.97 Å². The molecular weight excluding hydrogens is 374 g/mol. The Bertz CT molecular complexity index is 920. The molecule has 1 aromatic heterocycles. The average Bonchev–Trinajstić information content (AvgIpc) is 3.08. The average molecular weight is 397 g/mol. The number of aliphatic carboxylic acids is 1. The molecule has 1 N–H and O–H groups in total. The van der Waals surface area contributed by atoms with Crippen molar-refractivity contribution in [2.45, 2.75) is 32.3 Å². The van der Waals surface area contributed by atoms with Crippen molar-refractivity contribution < 1.29 is 19.4 Å². The lowest BCUT2D eigenvalue weighted by molar-refractivity contribution is -0.136. The van der Waals surface area contributed by atoms with Gasteiger partial charge in [0.05, 0.1) is 6.42 Å². The summed E-state index contributed by atoms with van der Waals surface area (Å²) >= 11 is 1.69. The van der Waals surface area contributed by atoms with Crippen molar-refractivity contribution in [2.24, 2.45) is 0 Å². The second-order valence-electron chi connectivity index (χ2n) is 7.25. The summed E-state index contributed by atoms with van der Waals surface area (Å²) in [5, 5.41) is 11.2. The monoisotopic (exact) mass is 397 g/mol. The zero-order chi connectivity index (χ0) is 19.5. The number of fused-ring (bicyclic) bond motifs is 2. The molecule has 1 saturated heterocycles. The number of hydrogen-bond acceptors (Lipinski definition) is 5. The van der Waals surface area contributed by atoms with Crippen LogP contribution in [0, 0.1) is 0 Å². The molecule has 2 aliphatic heterocycles. The number of likely N-dealkylation sites (tertiary alicyclic amines) is 1. The fourth-order valence-corrected chi connectivity index (χ4v) is 4.75. The molecule has 5 nitrogen and oxygen atoms in total. The smallest absolute Gasteiger partial charge is 0.307 e. The lowest BCUT2D eigenvalue weighted by Crippen LogP contribution is -2.34. The van der Waals surface area contributed by atoms with Crippen molar-refractivity contribution in [3.63, 3.8) is 0 Å². The molecule has 1 fully saturated rings. The summed E-state index contributed by atoms with van der Waals surface area (Å²) < 4.78 is 6.00. The maximum absolute atomic E-state index is 11.4. The molecule has 2 aromatic rings. The number of piperidine rings is 1. The Morgan fingerprint density at radius 3 is 2.86 bits per heavy atom. The minimum atomic E-state index is -0.837. The van der Waals surface area contributed by atoms with Crippen molar-refractivity contribution in [1.29, 1.82) is 0 Å². The third-order valence-electron chi connectivity index (χ3n) is 5.27. The Kier molecular flexibility index (Phi) is 5.59. The lowest BCUT2D eigenvalue weighted by Gasteiger charge is -2.25. The topological polar surface area (TPSA) is 66.8 Å². The van der Waals surface area contributed by atoms with Crippen LogP contribution in [-0.4, -0.2) is 41.4 Å². The van der Waals surface area contributed by atoms with Crippen molar-refractivity contribution >= 4 is 28.7 Å². The Morgan fingerprint density at radius 1 is 1.25 bits per heavy atom. The van der Waals surface area contributed by atoms with Crippen LogP contribution in [0.15, 0.2) is 35.7 Å². The summed E-state index contributed by atoms with van der Waals surface area (Å²) in [6.45, 7) is 3.13. The first-order chi connectivity index (χ1) is 13.6. The van der Waals surface area contributed by atoms with Crippen LogP contribution in [0.25, 0.3) is 5.57 Å². The third kappa shape index (κ3) is 4.18. The van der Waals surface area contributed by atoms with E-state index in [9.17, 15) is 9.59 Å². The first-order valence-corrected chi connectivity index (χ1v) is 10.5. The minimum absolute atomic E-state index is 0.000333. The number of rotatable bonds is 5. The van der Waals surface area contributed by atoms with Gasteiger partial charge in [0.25, 0.3) is 0 Å². The van der Waals surface area contributed by atoms with Gasteiger partial charge in [-0.15, -0.1) is 11.3 Å². The first-order valence-electron chi connectivity index (χ1n) is 9.59. The standard InChI is InChI=1S/C22H23NO4S/c24-17-5-9-23(10-6-17)8-1-2-18-19-12-15(13-21(25)26)3-4-20(19)27-14-16-7-11-28-22(16)18/h2-4,7,11-12H,1,5-6,8-10,13-14H2,(H,25,26)/b18-2-. The Hall–Kier alpha value is -2.44. The van der Waals surface area contributed by atoms with Gasteiger partial charge in [-0.05, 0) is 41.1 Å². The molecule has 0 atom stereocenters. The summed E-state index contributed by atoms with van der Waals surface area (Å²) in [6.07, 6.45) is 4.43. The molecule has 0 bridgehead atoms. The molecule has 146 valence electrons. The molecule has 3 heterocycles.